The zero-order chi connectivity index (χ0) is 17.1. The number of primary amides is 1. The number of amides is 1. The first kappa shape index (κ1) is 16.6. The molecule has 1 fully saturated rings. The number of hydrogen-bond acceptors (Lipinski definition) is 5. The molecule has 6 nitrogen and oxygen atoms in total. The van der Waals surface area contributed by atoms with Crippen LogP contribution in [0.15, 0.2) is 28.8 Å². The van der Waals surface area contributed by atoms with Gasteiger partial charge in [-0.15, -0.1) is 0 Å². The van der Waals surface area contributed by atoms with Crippen LogP contribution in [-0.2, 0) is 6.42 Å². The highest BCUT2D eigenvalue weighted by Crippen LogP contribution is 2.33. The summed E-state index contributed by atoms with van der Waals surface area (Å²) in [6.45, 7) is 3.08. The molecule has 0 spiro atoms. The van der Waals surface area contributed by atoms with E-state index in [0.717, 1.165) is 37.8 Å². The Morgan fingerprint density at radius 2 is 2.38 bits per heavy atom. The molecule has 1 saturated heterocycles. The molecule has 24 heavy (non-hydrogen) atoms. The third kappa shape index (κ3) is 3.62. The van der Waals surface area contributed by atoms with E-state index in [-0.39, 0.29) is 23.7 Å². The topological polar surface area (TPSA) is 85.3 Å². The fourth-order valence-corrected chi connectivity index (χ4v) is 3.29. The molecule has 2 atom stereocenters. The Kier molecular flexibility index (Phi) is 4.89. The zero-order valence-corrected chi connectivity index (χ0v) is 13.6. The fourth-order valence-electron chi connectivity index (χ4n) is 3.29. The highest BCUT2D eigenvalue weighted by atomic mass is 19.1. The molecule has 1 amide bonds. The van der Waals surface area contributed by atoms with E-state index in [1.54, 1.807) is 12.1 Å². The second-order valence-electron chi connectivity index (χ2n) is 6.23. The third-order valence-corrected chi connectivity index (χ3v) is 4.55. The minimum Gasteiger partial charge on any atom is -0.363 e. The number of benzene rings is 1. The van der Waals surface area contributed by atoms with Gasteiger partial charge in [-0.3, -0.25) is 9.69 Å². The molecule has 2 N–H and O–H groups in total. The number of aryl methyl sites for hydroxylation is 1. The minimum atomic E-state index is -0.686. The Labute approximate surface area is 139 Å². The van der Waals surface area contributed by atoms with Crippen molar-refractivity contribution < 1.29 is 13.7 Å². The van der Waals surface area contributed by atoms with Gasteiger partial charge in [0.1, 0.15) is 5.82 Å². The molecule has 128 valence electrons. The monoisotopic (exact) mass is 332 g/mol. The average molecular weight is 332 g/mol. The average Bonchev–Trinajstić information content (AvgIpc) is 3.21. The lowest BCUT2D eigenvalue weighted by Gasteiger charge is -2.28. The van der Waals surface area contributed by atoms with Crippen molar-refractivity contribution in [2.24, 2.45) is 5.73 Å². The van der Waals surface area contributed by atoms with Gasteiger partial charge >= 0.3 is 0 Å². The third-order valence-electron chi connectivity index (χ3n) is 4.55. The molecule has 0 saturated carbocycles. The lowest BCUT2D eigenvalue weighted by atomic mass is 10.0. The van der Waals surface area contributed by atoms with Crippen LogP contribution in [-0.4, -0.2) is 33.5 Å². The molecule has 0 unspecified atom stereocenters. The second kappa shape index (κ2) is 7.09. The summed E-state index contributed by atoms with van der Waals surface area (Å²) < 4.78 is 18.5. The van der Waals surface area contributed by atoms with E-state index in [9.17, 15) is 9.18 Å². The predicted octanol–water partition coefficient (Wildman–Crippen LogP) is 2.47. The number of carbonyl (C=O) groups excluding carboxylic acids is 1. The molecule has 2 aromatic rings. The summed E-state index contributed by atoms with van der Waals surface area (Å²) in [5.41, 5.74) is 6.17. The number of carbonyl (C=O) groups is 1. The van der Waals surface area contributed by atoms with Crippen molar-refractivity contribution in [3.63, 3.8) is 0 Å². The maximum absolute atomic E-state index is 13.3. The Morgan fingerprint density at radius 1 is 1.54 bits per heavy atom. The molecule has 7 heteroatoms. The van der Waals surface area contributed by atoms with Crippen molar-refractivity contribution in [3.8, 4) is 0 Å². The molecule has 1 aliphatic heterocycles. The highest BCUT2D eigenvalue weighted by molar-refractivity contribution is 5.88. The van der Waals surface area contributed by atoms with E-state index in [1.165, 1.54) is 6.07 Å². The van der Waals surface area contributed by atoms with Crippen LogP contribution in [0.3, 0.4) is 0 Å². The van der Waals surface area contributed by atoms with Gasteiger partial charge in [0.25, 0.3) is 11.7 Å². The van der Waals surface area contributed by atoms with Crippen molar-refractivity contribution in [3.05, 3.63) is 47.4 Å². The number of rotatable bonds is 6. The van der Waals surface area contributed by atoms with E-state index < -0.39 is 5.91 Å². The minimum absolute atomic E-state index is 0.00751. The zero-order valence-electron chi connectivity index (χ0n) is 13.6. The van der Waals surface area contributed by atoms with E-state index >= 15 is 0 Å². The van der Waals surface area contributed by atoms with Crippen molar-refractivity contribution in [1.82, 2.24) is 15.0 Å². The molecular formula is C17H21FN4O2. The summed E-state index contributed by atoms with van der Waals surface area (Å²) in [6, 6.07) is 6.99. The van der Waals surface area contributed by atoms with Crippen LogP contribution < -0.4 is 5.73 Å². The normalized spacial score (nSPS) is 19.5. The van der Waals surface area contributed by atoms with E-state index in [4.69, 9.17) is 10.3 Å². The first-order valence-electron chi connectivity index (χ1n) is 8.18. The molecule has 0 bridgehead atoms. The summed E-state index contributed by atoms with van der Waals surface area (Å²) in [5.74, 6) is -0.527. The molecule has 1 aromatic carbocycles. The number of halogens is 1. The lowest BCUT2D eigenvalue weighted by molar-refractivity contribution is 0.0987. The lowest BCUT2D eigenvalue weighted by Crippen LogP contribution is -2.33. The van der Waals surface area contributed by atoms with Gasteiger partial charge < -0.3 is 10.3 Å². The summed E-state index contributed by atoms with van der Waals surface area (Å²) in [4.78, 5) is 17.5. The smallest absolute Gasteiger partial charge is 0.290 e. The Bertz CT molecular complexity index is 718. The Morgan fingerprint density at radius 3 is 3.08 bits per heavy atom. The van der Waals surface area contributed by atoms with Crippen LogP contribution in [0.5, 0.6) is 0 Å². The van der Waals surface area contributed by atoms with Gasteiger partial charge in [-0.2, -0.15) is 4.98 Å². The number of aromatic nitrogens is 2. The van der Waals surface area contributed by atoms with Gasteiger partial charge in [-0.05, 0) is 56.8 Å². The van der Waals surface area contributed by atoms with Crippen LogP contribution >= 0.6 is 0 Å². The number of hydrogen-bond donors (Lipinski definition) is 1. The van der Waals surface area contributed by atoms with E-state index in [2.05, 4.69) is 22.0 Å². The highest BCUT2D eigenvalue weighted by Gasteiger charge is 2.33. The first-order chi connectivity index (χ1) is 11.5. The van der Waals surface area contributed by atoms with Crippen LogP contribution in [0.1, 0.15) is 54.3 Å². The number of nitrogens with two attached hydrogens (primary N) is 1. The van der Waals surface area contributed by atoms with E-state index in [1.807, 2.05) is 6.07 Å². The summed E-state index contributed by atoms with van der Waals surface area (Å²) in [6.07, 6.45) is 3.64. The standard InChI is InChI=1S/C17H21FN4O2/c1-11(7-8-12-4-2-5-13(18)10-12)22-9-3-6-14(22)17-20-16(15(19)23)21-24-17/h2,4-5,10-11,14H,3,6-9H2,1H3,(H2,19,23)/t11-,14+/m0/s1. The van der Waals surface area contributed by atoms with Crippen molar-refractivity contribution >= 4 is 5.91 Å². The SMILES string of the molecule is C[C@@H](CCc1cccc(F)c1)N1CCC[C@@H]1c1nc(C(N)=O)no1. The second-order valence-corrected chi connectivity index (χ2v) is 6.23. The molecule has 1 aromatic heterocycles. The van der Waals surface area contributed by atoms with Gasteiger partial charge in [0, 0.05) is 6.04 Å². The maximum Gasteiger partial charge on any atom is 0.290 e. The maximum atomic E-state index is 13.3. The Balaban J connectivity index is 1.64. The van der Waals surface area contributed by atoms with Crippen LogP contribution in [0.2, 0.25) is 0 Å². The van der Waals surface area contributed by atoms with Gasteiger partial charge in [0.05, 0.1) is 6.04 Å². The quantitative estimate of drug-likeness (QED) is 0.878. The van der Waals surface area contributed by atoms with Crippen molar-refractivity contribution in [1.29, 1.82) is 0 Å². The summed E-state index contributed by atoms with van der Waals surface area (Å²) in [5, 5.41) is 3.63. The summed E-state index contributed by atoms with van der Waals surface area (Å²) in [7, 11) is 0. The summed E-state index contributed by atoms with van der Waals surface area (Å²) >= 11 is 0. The van der Waals surface area contributed by atoms with Crippen molar-refractivity contribution in [2.75, 3.05) is 6.54 Å². The van der Waals surface area contributed by atoms with Gasteiger partial charge in [0.15, 0.2) is 0 Å². The van der Waals surface area contributed by atoms with Crippen molar-refractivity contribution in [2.45, 2.75) is 44.7 Å². The van der Waals surface area contributed by atoms with Crippen LogP contribution in [0.25, 0.3) is 0 Å². The predicted molar refractivity (Wildman–Crippen MR) is 85.7 cm³/mol. The molecule has 1 aliphatic rings. The molecule has 2 heterocycles. The number of likely N-dealkylation sites (tertiary alicyclic amines) is 1. The largest absolute Gasteiger partial charge is 0.363 e. The van der Waals surface area contributed by atoms with Gasteiger partial charge in [-0.1, -0.05) is 17.3 Å². The molecule has 3 rings (SSSR count). The van der Waals surface area contributed by atoms with Gasteiger partial charge in [0.2, 0.25) is 5.89 Å². The Hall–Kier alpha value is -2.28. The first-order valence-corrected chi connectivity index (χ1v) is 8.18. The van der Waals surface area contributed by atoms with Gasteiger partial charge in [-0.25, -0.2) is 4.39 Å². The van der Waals surface area contributed by atoms with Crippen LogP contribution in [0.4, 0.5) is 4.39 Å². The van der Waals surface area contributed by atoms with Crippen LogP contribution in [0, 0.1) is 5.82 Å². The molecular weight excluding hydrogens is 311 g/mol. The van der Waals surface area contributed by atoms with E-state index in [0.29, 0.717) is 5.89 Å². The fraction of sp³-hybridized carbons (Fsp3) is 0.471. The number of nitrogens with zero attached hydrogens (tertiary/aromatic N) is 3. The molecule has 0 radical (unpaired) electrons. The molecule has 0 aliphatic carbocycles.